The van der Waals surface area contributed by atoms with Crippen LogP contribution in [0.5, 0.6) is 0 Å². The Hall–Kier alpha value is -0.860. The van der Waals surface area contributed by atoms with E-state index >= 15 is 0 Å². The molecule has 1 aliphatic rings. The quantitative estimate of drug-likeness (QED) is 0.390. The molecule has 1 saturated heterocycles. The van der Waals surface area contributed by atoms with Crippen LogP contribution in [0.4, 0.5) is 0 Å². The van der Waals surface area contributed by atoms with Crippen molar-refractivity contribution < 1.29 is 4.74 Å². The smallest absolute Gasteiger partial charge is 0.191 e. The molecule has 1 aliphatic heterocycles. The van der Waals surface area contributed by atoms with Crippen molar-refractivity contribution >= 4 is 29.9 Å². The number of halogens is 1. The van der Waals surface area contributed by atoms with Crippen LogP contribution in [0, 0.1) is 0 Å². The molecule has 1 aromatic carbocycles. The number of aliphatic imine (C=N–C) groups is 1. The lowest BCUT2D eigenvalue weighted by Crippen LogP contribution is -2.49. The highest BCUT2D eigenvalue weighted by molar-refractivity contribution is 14.0. The SMILES string of the molecule is CN=C(NCc1cccc(COC)c1)NC1CCN(C(C)C)CC1.I. The average molecular weight is 460 g/mol. The van der Waals surface area contributed by atoms with E-state index in [2.05, 4.69) is 58.6 Å². The van der Waals surface area contributed by atoms with Crippen LogP contribution < -0.4 is 10.6 Å². The molecule has 0 unspecified atom stereocenters. The third-order valence-corrected chi connectivity index (χ3v) is 4.59. The normalized spacial score (nSPS) is 16.6. The van der Waals surface area contributed by atoms with E-state index < -0.39 is 0 Å². The Kier molecular flexibility index (Phi) is 10.4. The zero-order valence-corrected chi connectivity index (χ0v) is 18.2. The number of piperidine rings is 1. The Morgan fingerprint density at radius 1 is 1.28 bits per heavy atom. The molecule has 0 atom stereocenters. The van der Waals surface area contributed by atoms with Crippen LogP contribution >= 0.6 is 24.0 Å². The van der Waals surface area contributed by atoms with Gasteiger partial charge in [-0.2, -0.15) is 0 Å². The highest BCUT2D eigenvalue weighted by Gasteiger charge is 2.21. The third kappa shape index (κ3) is 7.50. The maximum atomic E-state index is 5.20. The van der Waals surface area contributed by atoms with E-state index in [1.165, 1.54) is 24.0 Å². The summed E-state index contributed by atoms with van der Waals surface area (Å²) >= 11 is 0. The second-order valence-corrected chi connectivity index (χ2v) is 6.73. The van der Waals surface area contributed by atoms with Crippen molar-refractivity contribution in [1.82, 2.24) is 15.5 Å². The van der Waals surface area contributed by atoms with Crippen molar-refractivity contribution in [3.63, 3.8) is 0 Å². The number of nitrogens with zero attached hydrogens (tertiary/aromatic N) is 2. The number of likely N-dealkylation sites (tertiary alicyclic amines) is 1. The molecule has 1 aromatic rings. The second kappa shape index (κ2) is 11.7. The summed E-state index contributed by atoms with van der Waals surface area (Å²) in [6.07, 6.45) is 2.34. The summed E-state index contributed by atoms with van der Waals surface area (Å²) in [5.74, 6) is 0.884. The molecule has 5 nitrogen and oxygen atoms in total. The van der Waals surface area contributed by atoms with E-state index in [-0.39, 0.29) is 24.0 Å². The van der Waals surface area contributed by atoms with Gasteiger partial charge in [-0.25, -0.2) is 0 Å². The van der Waals surface area contributed by atoms with Gasteiger partial charge in [0.2, 0.25) is 0 Å². The molecule has 0 radical (unpaired) electrons. The van der Waals surface area contributed by atoms with Gasteiger partial charge in [-0.3, -0.25) is 4.99 Å². The number of hydrogen-bond acceptors (Lipinski definition) is 3. The maximum Gasteiger partial charge on any atom is 0.191 e. The van der Waals surface area contributed by atoms with Gasteiger partial charge in [-0.1, -0.05) is 24.3 Å². The van der Waals surface area contributed by atoms with E-state index in [0.717, 1.165) is 25.6 Å². The fourth-order valence-electron chi connectivity index (χ4n) is 3.13. The van der Waals surface area contributed by atoms with Gasteiger partial charge in [0.05, 0.1) is 6.61 Å². The number of methoxy groups -OCH3 is 1. The summed E-state index contributed by atoms with van der Waals surface area (Å²) in [6, 6.07) is 9.60. The molecule has 1 fully saturated rings. The van der Waals surface area contributed by atoms with Crippen molar-refractivity contribution in [3.8, 4) is 0 Å². The summed E-state index contributed by atoms with van der Waals surface area (Å²) in [6.45, 7) is 8.27. The fraction of sp³-hybridized carbons (Fsp3) is 0.632. The minimum atomic E-state index is 0. The molecule has 6 heteroatoms. The number of guanidine groups is 1. The number of benzene rings is 1. The van der Waals surface area contributed by atoms with E-state index in [9.17, 15) is 0 Å². The van der Waals surface area contributed by atoms with E-state index in [1.807, 2.05) is 7.05 Å². The third-order valence-electron chi connectivity index (χ3n) is 4.59. The predicted molar refractivity (Wildman–Crippen MR) is 116 cm³/mol. The van der Waals surface area contributed by atoms with Gasteiger partial charge in [0, 0.05) is 45.9 Å². The first kappa shape index (κ1) is 22.2. The van der Waals surface area contributed by atoms with Gasteiger partial charge in [-0.15, -0.1) is 24.0 Å². The monoisotopic (exact) mass is 460 g/mol. The van der Waals surface area contributed by atoms with Crippen LogP contribution in [0.1, 0.15) is 37.8 Å². The van der Waals surface area contributed by atoms with Gasteiger partial charge in [-0.05, 0) is 37.8 Å². The van der Waals surface area contributed by atoms with Crippen molar-refractivity contribution in [3.05, 3.63) is 35.4 Å². The van der Waals surface area contributed by atoms with Gasteiger partial charge in [0.1, 0.15) is 0 Å². The standard InChI is InChI=1S/C19H32N4O.HI/c1-15(2)23-10-8-18(9-11-23)22-19(20-3)21-13-16-6-5-7-17(12-16)14-24-4;/h5-7,12,15,18H,8-11,13-14H2,1-4H3,(H2,20,21,22);1H. The number of ether oxygens (including phenoxy) is 1. The minimum Gasteiger partial charge on any atom is -0.380 e. The molecule has 2 rings (SSSR count). The van der Waals surface area contributed by atoms with Crippen LogP contribution in [0.3, 0.4) is 0 Å². The number of rotatable bonds is 6. The van der Waals surface area contributed by atoms with Crippen molar-refractivity contribution in [2.75, 3.05) is 27.2 Å². The molecule has 0 aliphatic carbocycles. The molecular weight excluding hydrogens is 427 g/mol. The van der Waals surface area contributed by atoms with Crippen LogP contribution in [0.15, 0.2) is 29.3 Å². The summed E-state index contributed by atoms with van der Waals surface area (Å²) in [5.41, 5.74) is 2.43. The van der Waals surface area contributed by atoms with Crippen LogP contribution in [0.2, 0.25) is 0 Å². The van der Waals surface area contributed by atoms with Crippen LogP contribution in [-0.2, 0) is 17.9 Å². The largest absolute Gasteiger partial charge is 0.380 e. The molecule has 0 amide bonds. The Labute approximate surface area is 169 Å². The average Bonchev–Trinajstić information content (AvgIpc) is 2.59. The van der Waals surface area contributed by atoms with E-state index in [4.69, 9.17) is 4.74 Å². The maximum absolute atomic E-state index is 5.20. The zero-order valence-electron chi connectivity index (χ0n) is 15.9. The lowest BCUT2D eigenvalue weighted by Gasteiger charge is -2.35. The van der Waals surface area contributed by atoms with Crippen LogP contribution in [0.25, 0.3) is 0 Å². The zero-order chi connectivity index (χ0) is 17.4. The summed E-state index contributed by atoms with van der Waals surface area (Å²) in [4.78, 5) is 6.90. The van der Waals surface area contributed by atoms with E-state index in [1.54, 1.807) is 7.11 Å². The highest BCUT2D eigenvalue weighted by Crippen LogP contribution is 2.13. The lowest BCUT2D eigenvalue weighted by atomic mass is 10.0. The van der Waals surface area contributed by atoms with Crippen molar-refractivity contribution in [1.29, 1.82) is 0 Å². The lowest BCUT2D eigenvalue weighted by molar-refractivity contribution is 0.167. The van der Waals surface area contributed by atoms with Gasteiger partial charge < -0.3 is 20.3 Å². The molecule has 1 heterocycles. The minimum absolute atomic E-state index is 0. The summed E-state index contributed by atoms with van der Waals surface area (Å²) < 4.78 is 5.20. The van der Waals surface area contributed by atoms with Crippen molar-refractivity contribution in [2.45, 2.75) is 51.9 Å². The Morgan fingerprint density at radius 3 is 2.56 bits per heavy atom. The highest BCUT2D eigenvalue weighted by atomic mass is 127. The molecule has 25 heavy (non-hydrogen) atoms. The van der Waals surface area contributed by atoms with Gasteiger partial charge in [0.25, 0.3) is 0 Å². The van der Waals surface area contributed by atoms with E-state index in [0.29, 0.717) is 18.7 Å². The fourth-order valence-corrected chi connectivity index (χ4v) is 3.13. The Bertz CT molecular complexity index is 528. The van der Waals surface area contributed by atoms with Gasteiger partial charge >= 0.3 is 0 Å². The first-order valence-electron chi connectivity index (χ1n) is 8.90. The summed E-state index contributed by atoms with van der Waals surface area (Å²) in [5, 5.41) is 6.98. The molecule has 0 spiro atoms. The van der Waals surface area contributed by atoms with Crippen LogP contribution in [-0.4, -0.2) is 50.2 Å². The molecule has 0 aromatic heterocycles. The first-order valence-corrected chi connectivity index (χ1v) is 8.90. The first-order chi connectivity index (χ1) is 11.6. The van der Waals surface area contributed by atoms with Gasteiger partial charge in [0.15, 0.2) is 5.96 Å². The Morgan fingerprint density at radius 2 is 1.96 bits per heavy atom. The number of hydrogen-bond donors (Lipinski definition) is 2. The number of nitrogens with one attached hydrogen (secondary N) is 2. The summed E-state index contributed by atoms with van der Waals surface area (Å²) in [7, 11) is 3.56. The molecule has 0 saturated carbocycles. The molecule has 2 N–H and O–H groups in total. The second-order valence-electron chi connectivity index (χ2n) is 6.73. The predicted octanol–water partition coefficient (Wildman–Crippen LogP) is 2.99. The van der Waals surface area contributed by atoms with Crippen molar-refractivity contribution in [2.24, 2.45) is 4.99 Å². The topological polar surface area (TPSA) is 48.9 Å². The molecule has 142 valence electrons. The Balaban J connectivity index is 0.00000312. The molecular formula is C19H33IN4O. The molecule has 0 bridgehead atoms.